The first-order valence-corrected chi connectivity index (χ1v) is 7.24. The number of fused-ring (bicyclic) bond motifs is 1. The number of rotatable bonds is 1. The summed E-state index contributed by atoms with van der Waals surface area (Å²) in [5.41, 5.74) is 4.14. The molecule has 3 rings (SSSR count). The van der Waals surface area contributed by atoms with Crippen LogP contribution in [0.15, 0.2) is 18.2 Å². The Morgan fingerprint density at radius 2 is 1.89 bits per heavy atom. The van der Waals surface area contributed by atoms with Gasteiger partial charge in [0.15, 0.2) is 0 Å². The van der Waals surface area contributed by atoms with Gasteiger partial charge in [-0.15, -0.1) is 0 Å². The second-order valence-electron chi connectivity index (χ2n) is 6.08. The third kappa shape index (κ3) is 2.81. The number of aryl methyl sites for hydroxylation is 1. The minimum atomic E-state index is -2.42. The van der Waals surface area contributed by atoms with Crippen molar-refractivity contribution in [3.63, 3.8) is 0 Å². The Bertz CT molecular complexity index is 460. The molecule has 0 saturated heterocycles. The Morgan fingerprint density at radius 1 is 1.16 bits per heavy atom. The lowest BCUT2D eigenvalue weighted by Gasteiger charge is -2.39. The molecule has 1 aromatic carbocycles. The third-order valence-electron chi connectivity index (χ3n) is 4.61. The van der Waals surface area contributed by atoms with Crippen molar-refractivity contribution in [2.45, 2.75) is 57.5 Å². The van der Waals surface area contributed by atoms with Crippen molar-refractivity contribution in [1.82, 2.24) is 4.90 Å². The molecule has 0 spiro atoms. The number of halogens is 2. The molecule has 0 atom stereocenters. The van der Waals surface area contributed by atoms with E-state index in [1.54, 1.807) is 0 Å². The highest BCUT2D eigenvalue weighted by Crippen LogP contribution is 2.36. The number of alkyl halides is 2. The summed E-state index contributed by atoms with van der Waals surface area (Å²) < 4.78 is 26.4. The van der Waals surface area contributed by atoms with Crippen LogP contribution >= 0.6 is 0 Å². The molecule has 0 aromatic heterocycles. The SMILES string of the molecule is Cc1ccc2c(c1)CCN(C1CCC(F)(F)CC1)C2. The number of hydrogen-bond donors (Lipinski definition) is 0. The molecule has 104 valence electrons. The maximum atomic E-state index is 13.2. The molecule has 1 saturated carbocycles. The normalized spacial score (nSPS) is 24.2. The van der Waals surface area contributed by atoms with Gasteiger partial charge < -0.3 is 0 Å². The molecule has 3 heteroatoms. The number of benzene rings is 1. The third-order valence-corrected chi connectivity index (χ3v) is 4.61. The Morgan fingerprint density at radius 3 is 2.63 bits per heavy atom. The van der Waals surface area contributed by atoms with Crippen molar-refractivity contribution >= 4 is 0 Å². The summed E-state index contributed by atoms with van der Waals surface area (Å²) in [6.07, 6.45) is 2.48. The van der Waals surface area contributed by atoms with E-state index in [1.165, 1.54) is 16.7 Å². The van der Waals surface area contributed by atoms with Gasteiger partial charge in [0.2, 0.25) is 5.92 Å². The van der Waals surface area contributed by atoms with Crippen LogP contribution in [0.2, 0.25) is 0 Å². The molecule has 1 fully saturated rings. The van der Waals surface area contributed by atoms with Crippen molar-refractivity contribution in [3.8, 4) is 0 Å². The average molecular weight is 265 g/mol. The minimum Gasteiger partial charge on any atom is -0.296 e. The fraction of sp³-hybridized carbons (Fsp3) is 0.625. The smallest absolute Gasteiger partial charge is 0.248 e. The first-order chi connectivity index (χ1) is 9.03. The van der Waals surface area contributed by atoms with Gasteiger partial charge in [-0.1, -0.05) is 23.8 Å². The molecule has 1 aromatic rings. The van der Waals surface area contributed by atoms with Crippen LogP contribution in [0.4, 0.5) is 8.78 Å². The lowest BCUT2D eigenvalue weighted by Crippen LogP contribution is -2.43. The van der Waals surface area contributed by atoms with Gasteiger partial charge in [-0.3, -0.25) is 4.90 Å². The zero-order valence-corrected chi connectivity index (χ0v) is 11.5. The highest BCUT2D eigenvalue weighted by Gasteiger charge is 2.37. The summed E-state index contributed by atoms with van der Waals surface area (Å²) >= 11 is 0. The summed E-state index contributed by atoms with van der Waals surface area (Å²) in [5, 5.41) is 0. The zero-order chi connectivity index (χ0) is 13.5. The lowest BCUT2D eigenvalue weighted by molar-refractivity contribution is -0.0552. The van der Waals surface area contributed by atoms with Crippen LogP contribution < -0.4 is 0 Å². The predicted octanol–water partition coefficient (Wildman–Crippen LogP) is 3.93. The van der Waals surface area contributed by atoms with Crippen molar-refractivity contribution in [2.75, 3.05) is 6.54 Å². The van der Waals surface area contributed by atoms with E-state index in [1.807, 2.05) is 0 Å². The van der Waals surface area contributed by atoms with Crippen LogP contribution in [0, 0.1) is 6.92 Å². The van der Waals surface area contributed by atoms with Crippen LogP contribution in [0.5, 0.6) is 0 Å². The monoisotopic (exact) mass is 265 g/mol. The molecule has 2 aliphatic rings. The number of nitrogens with zero attached hydrogens (tertiary/aromatic N) is 1. The molecule has 19 heavy (non-hydrogen) atoms. The fourth-order valence-electron chi connectivity index (χ4n) is 3.41. The molecule has 1 nitrogen and oxygen atoms in total. The molecule has 1 heterocycles. The van der Waals surface area contributed by atoms with Crippen molar-refractivity contribution in [2.24, 2.45) is 0 Å². The summed E-state index contributed by atoms with van der Waals surface area (Å²) in [6.45, 7) is 4.08. The largest absolute Gasteiger partial charge is 0.296 e. The van der Waals surface area contributed by atoms with E-state index >= 15 is 0 Å². The zero-order valence-electron chi connectivity index (χ0n) is 11.5. The quantitative estimate of drug-likeness (QED) is 0.743. The molecule has 0 amide bonds. The Labute approximate surface area is 113 Å². The van der Waals surface area contributed by atoms with Gasteiger partial charge in [-0.2, -0.15) is 0 Å². The Balaban J connectivity index is 1.67. The molecular formula is C16H21F2N. The van der Waals surface area contributed by atoms with Gasteiger partial charge in [0.25, 0.3) is 0 Å². The van der Waals surface area contributed by atoms with Gasteiger partial charge in [0.1, 0.15) is 0 Å². The van der Waals surface area contributed by atoms with Crippen molar-refractivity contribution < 1.29 is 8.78 Å². The average Bonchev–Trinajstić information content (AvgIpc) is 2.38. The van der Waals surface area contributed by atoms with Crippen molar-refractivity contribution in [3.05, 3.63) is 34.9 Å². The lowest BCUT2D eigenvalue weighted by atomic mass is 9.89. The van der Waals surface area contributed by atoms with Crippen LogP contribution in [-0.2, 0) is 13.0 Å². The van der Waals surface area contributed by atoms with E-state index in [4.69, 9.17) is 0 Å². The molecular weight excluding hydrogens is 244 g/mol. The second-order valence-corrected chi connectivity index (χ2v) is 6.08. The standard InChI is InChI=1S/C16H21F2N/c1-12-2-3-14-11-19(9-6-13(14)10-12)15-4-7-16(17,18)8-5-15/h2-3,10,15H,4-9,11H2,1H3. The summed E-state index contributed by atoms with van der Waals surface area (Å²) in [5.74, 6) is -2.42. The topological polar surface area (TPSA) is 3.24 Å². The first kappa shape index (κ1) is 13.0. The van der Waals surface area contributed by atoms with Gasteiger partial charge in [0.05, 0.1) is 0 Å². The summed E-state index contributed by atoms with van der Waals surface area (Å²) in [7, 11) is 0. The van der Waals surface area contributed by atoms with E-state index in [-0.39, 0.29) is 12.8 Å². The van der Waals surface area contributed by atoms with Gasteiger partial charge in [0, 0.05) is 32.0 Å². The maximum absolute atomic E-state index is 13.2. The fourth-order valence-corrected chi connectivity index (χ4v) is 3.41. The maximum Gasteiger partial charge on any atom is 0.248 e. The summed E-state index contributed by atoms with van der Waals surface area (Å²) in [4.78, 5) is 2.41. The van der Waals surface area contributed by atoms with Gasteiger partial charge >= 0.3 is 0 Å². The number of hydrogen-bond acceptors (Lipinski definition) is 1. The van der Waals surface area contributed by atoms with Gasteiger partial charge in [-0.25, -0.2) is 8.78 Å². The van der Waals surface area contributed by atoms with Crippen LogP contribution in [0.25, 0.3) is 0 Å². The molecule has 0 unspecified atom stereocenters. The second kappa shape index (κ2) is 4.86. The minimum absolute atomic E-state index is 0.0644. The van der Waals surface area contributed by atoms with Crippen LogP contribution in [0.3, 0.4) is 0 Å². The van der Waals surface area contributed by atoms with Crippen molar-refractivity contribution in [1.29, 1.82) is 0 Å². The summed E-state index contributed by atoms with van der Waals surface area (Å²) in [6, 6.07) is 6.97. The highest BCUT2D eigenvalue weighted by atomic mass is 19.3. The molecule has 0 radical (unpaired) electrons. The molecule has 1 aliphatic carbocycles. The first-order valence-electron chi connectivity index (χ1n) is 7.24. The molecule has 0 N–H and O–H groups in total. The highest BCUT2D eigenvalue weighted by molar-refractivity contribution is 5.33. The Kier molecular flexibility index (Phi) is 3.34. The van der Waals surface area contributed by atoms with E-state index in [0.29, 0.717) is 18.9 Å². The molecule has 1 aliphatic heterocycles. The van der Waals surface area contributed by atoms with E-state index < -0.39 is 5.92 Å². The van der Waals surface area contributed by atoms with E-state index in [9.17, 15) is 8.78 Å². The van der Waals surface area contributed by atoms with E-state index in [2.05, 4.69) is 30.0 Å². The van der Waals surface area contributed by atoms with Crippen LogP contribution in [0.1, 0.15) is 42.4 Å². The van der Waals surface area contributed by atoms with Crippen LogP contribution in [-0.4, -0.2) is 23.4 Å². The molecule has 0 bridgehead atoms. The van der Waals surface area contributed by atoms with E-state index in [0.717, 1.165) is 19.5 Å². The predicted molar refractivity (Wildman–Crippen MR) is 72.5 cm³/mol. The van der Waals surface area contributed by atoms with Gasteiger partial charge in [-0.05, 0) is 37.3 Å². The Hall–Kier alpha value is -0.960.